The molecular formula is C30H30N2O4. The molecule has 0 unspecified atom stereocenters. The molecule has 2 heterocycles. The molecular weight excluding hydrogens is 452 g/mol. The quantitative estimate of drug-likeness (QED) is 0.296. The largest absolute Gasteiger partial charge is 0.457 e. The van der Waals surface area contributed by atoms with Crippen molar-refractivity contribution in [1.29, 1.82) is 0 Å². The van der Waals surface area contributed by atoms with Crippen LogP contribution in [0.25, 0.3) is 11.1 Å². The number of fused-ring (bicyclic) bond motifs is 1. The summed E-state index contributed by atoms with van der Waals surface area (Å²) in [6.45, 7) is 4.97. The molecule has 1 aliphatic rings. The van der Waals surface area contributed by atoms with E-state index in [4.69, 9.17) is 19.9 Å². The summed E-state index contributed by atoms with van der Waals surface area (Å²) in [5.74, 6) is 2.53. The maximum absolute atomic E-state index is 12.8. The minimum absolute atomic E-state index is 0.237. The molecule has 0 spiro atoms. The molecule has 36 heavy (non-hydrogen) atoms. The lowest BCUT2D eigenvalue weighted by molar-refractivity contribution is 0.1000. The number of primary amides is 1. The normalized spacial score (nSPS) is 12.1. The Morgan fingerprint density at radius 3 is 2.53 bits per heavy atom. The van der Waals surface area contributed by atoms with Crippen LogP contribution in [-0.4, -0.2) is 17.3 Å². The molecule has 184 valence electrons. The second-order valence-electron chi connectivity index (χ2n) is 8.97. The molecule has 1 amide bonds. The van der Waals surface area contributed by atoms with Crippen LogP contribution < -0.4 is 19.9 Å². The highest BCUT2D eigenvalue weighted by Crippen LogP contribution is 2.38. The van der Waals surface area contributed by atoms with E-state index in [-0.39, 0.29) is 6.79 Å². The maximum atomic E-state index is 12.8. The van der Waals surface area contributed by atoms with Crippen molar-refractivity contribution >= 4 is 5.91 Å². The van der Waals surface area contributed by atoms with Gasteiger partial charge in [-0.3, -0.25) is 4.79 Å². The van der Waals surface area contributed by atoms with E-state index in [0.29, 0.717) is 17.9 Å². The Labute approximate surface area is 211 Å². The number of nitrogens with two attached hydrogens (primary N) is 1. The van der Waals surface area contributed by atoms with E-state index >= 15 is 0 Å². The van der Waals surface area contributed by atoms with Gasteiger partial charge in [-0.1, -0.05) is 49.7 Å². The van der Waals surface area contributed by atoms with Crippen molar-refractivity contribution < 1.29 is 19.0 Å². The molecule has 0 radical (unpaired) electrons. The van der Waals surface area contributed by atoms with Crippen molar-refractivity contribution in [1.82, 2.24) is 4.57 Å². The van der Waals surface area contributed by atoms with Gasteiger partial charge in [-0.25, -0.2) is 0 Å². The number of carbonyl (C=O) groups excluding carboxylic acids is 1. The number of hydrogen-bond acceptors (Lipinski definition) is 4. The van der Waals surface area contributed by atoms with Gasteiger partial charge in [0.15, 0.2) is 11.5 Å². The summed E-state index contributed by atoms with van der Waals surface area (Å²) in [5.41, 5.74) is 11.3. The van der Waals surface area contributed by atoms with Crippen molar-refractivity contribution in [3.05, 3.63) is 95.3 Å². The van der Waals surface area contributed by atoms with Crippen LogP contribution in [0.2, 0.25) is 0 Å². The van der Waals surface area contributed by atoms with Gasteiger partial charge in [0.25, 0.3) is 5.91 Å². The average Bonchev–Trinajstić information content (AvgIpc) is 3.46. The number of benzene rings is 3. The van der Waals surface area contributed by atoms with Crippen LogP contribution in [-0.2, 0) is 13.0 Å². The van der Waals surface area contributed by atoms with Crippen LogP contribution in [0.1, 0.15) is 47.1 Å². The third kappa shape index (κ3) is 4.67. The molecule has 2 N–H and O–H groups in total. The first kappa shape index (κ1) is 23.5. The summed E-state index contributed by atoms with van der Waals surface area (Å²) in [4.78, 5) is 12.8. The Hall–Kier alpha value is -4.19. The zero-order valence-corrected chi connectivity index (χ0v) is 20.6. The highest BCUT2D eigenvalue weighted by Gasteiger charge is 2.25. The maximum Gasteiger partial charge on any atom is 0.251 e. The molecule has 1 aromatic heterocycles. The highest BCUT2D eigenvalue weighted by atomic mass is 16.7. The Morgan fingerprint density at radius 2 is 1.75 bits per heavy atom. The van der Waals surface area contributed by atoms with E-state index in [1.165, 1.54) is 0 Å². The molecule has 6 heteroatoms. The molecule has 0 bridgehead atoms. The van der Waals surface area contributed by atoms with Crippen molar-refractivity contribution in [2.75, 3.05) is 6.79 Å². The molecule has 0 saturated carbocycles. The first-order chi connectivity index (χ1) is 17.5. The fourth-order valence-corrected chi connectivity index (χ4v) is 4.79. The number of para-hydroxylation sites is 1. The van der Waals surface area contributed by atoms with Gasteiger partial charge < -0.3 is 24.5 Å². The molecule has 0 aliphatic carbocycles. The third-order valence-corrected chi connectivity index (χ3v) is 6.52. The molecule has 4 aromatic rings. The van der Waals surface area contributed by atoms with Crippen molar-refractivity contribution in [2.45, 2.75) is 39.7 Å². The molecule has 6 nitrogen and oxygen atoms in total. The monoisotopic (exact) mass is 482 g/mol. The molecule has 0 saturated heterocycles. The van der Waals surface area contributed by atoms with Gasteiger partial charge in [0, 0.05) is 23.5 Å². The van der Waals surface area contributed by atoms with Gasteiger partial charge in [-0.15, -0.1) is 0 Å². The lowest BCUT2D eigenvalue weighted by atomic mass is 9.97. The SMILES string of the molecule is CCCCc1c(-c2cccc(Oc3ccccc3)c2)c(C(N)=O)c(C)n1Cc1ccc2c(c1)OCO2. The Bertz CT molecular complexity index is 1390. The lowest BCUT2D eigenvalue weighted by Crippen LogP contribution is -2.13. The molecule has 5 rings (SSSR count). The number of ether oxygens (including phenoxy) is 3. The van der Waals surface area contributed by atoms with Gasteiger partial charge in [0.2, 0.25) is 6.79 Å². The summed E-state index contributed by atoms with van der Waals surface area (Å²) < 4.78 is 19.4. The van der Waals surface area contributed by atoms with E-state index in [1.807, 2.05) is 79.7 Å². The highest BCUT2D eigenvalue weighted by molar-refractivity contribution is 6.02. The van der Waals surface area contributed by atoms with Gasteiger partial charge in [0.05, 0.1) is 5.56 Å². The van der Waals surface area contributed by atoms with Crippen molar-refractivity contribution in [3.63, 3.8) is 0 Å². The number of rotatable bonds is 9. The second kappa shape index (κ2) is 10.2. The first-order valence-corrected chi connectivity index (χ1v) is 12.3. The van der Waals surface area contributed by atoms with E-state index in [1.54, 1.807) is 0 Å². The minimum Gasteiger partial charge on any atom is -0.457 e. The minimum atomic E-state index is -0.431. The summed E-state index contributed by atoms with van der Waals surface area (Å²) in [6, 6.07) is 23.5. The standard InChI is InChI=1S/C30H30N2O4/c1-3-4-13-25-29(22-9-8-12-24(17-22)36-23-10-6-5-7-11-23)28(30(31)33)20(2)32(25)18-21-14-15-26-27(16-21)35-19-34-26/h5-12,14-17H,3-4,13,18-19H2,1-2H3,(H2,31,33). The lowest BCUT2D eigenvalue weighted by Gasteiger charge is -2.14. The van der Waals surface area contributed by atoms with Crippen LogP contribution in [0.15, 0.2) is 72.8 Å². The van der Waals surface area contributed by atoms with E-state index in [0.717, 1.165) is 64.6 Å². The second-order valence-corrected chi connectivity index (χ2v) is 8.97. The van der Waals surface area contributed by atoms with Crippen molar-refractivity contribution in [2.24, 2.45) is 5.73 Å². The number of unbranched alkanes of at least 4 members (excludes halogenated alkanes) is 1. The summed E-state index contributed by atoms with van der Waals surface area (Å²) >= 11 is 0. The summed E-state index contributed by atoms with van der Waals surface area (Å²) in [7, 11) is 0. The predicted molar refractivity (Wildman–Crippen MR) is 140 cm³/mol. The molecule has 1 aliphatic heterocycles. The average molecular weight is 483 g/mol. The number of carbonyl (C=O) groups is 1. The van der Waals surface area contributed by atoms with Gasteiger partial charge in [0.1, 0.15) is 11.5 Å². The zero-order chi connectivity index (χ0) is 25.1. The van der Waals surface area contributed by atoms with Gasteiger partial charge in [-0.05, 0) is 67.3 Å². The van der Waals surface area contributed by atoms with Crippen LogP contribution in [0.3, 0.4) is 0 Å². The number of nitrogens with zero attached hydrogens (tertiary/aromatic N) is 1. The number of aromatic nitrogens is 1. The summed E-state index contributed by atoms with van der Waals surface area (Å²) in [6.07, 6.45) is 2.86. The Balaban J connectivity index is 1.60. The zero-order valence-electron chi connectivity index (χ0n) is 20.6. The Kier molecular flexibility index (Phi) is 6.67. The summed E-state index contributed by atoms with van der Waals surface area (Å²) in [5, 5.41) is 0. The fraction of sp³-hybridized carbons (Fsp3) is 0.233. The molecule has 3 aromatic carbocycles. The van der Waals surface area contributed by atoms with Gasteiger partial charge >= 0.3 is 0 Å². The van der Waals surface area contributed by atoms with E-state index in [2.05, 4.69) is 11.5 Å². The number of hydrogen-bond donors (Lipinski definition) is 1. The Morgan fingerprint density at radius 1 is 0.972 bits per heavy atom. The van der Waals surface area contributed by atoms with Crippen LogP contribution >= 0.6 is 0 Å². The van der Waals surface area contributed by atoms with Crippen molar-refractivity contribution in [3.8, 4) is 34.1 Å². The van der Waals surface area contributed by atoms with Crippen LogP contribution in [0.4, 0.5) is 0 Å². The third-order valence-electron chi connectivity index (χ3n) is 6.52. The first-order valence-electron chi connectivity index (χ1n) is 12.3. The van der Waals surface area contributed by atoms with Crippen LogP contribution in [0, 0.1) is 6.92 Å². The van der Waals surface area contributed by atoms with E-state index < -0.39 is 5.91 Å². The van der Waals surface area contributed by atoms with Crippen LogP contribution in [0.5, 0.6) is 23.0 Å². The topological polar surface area (TPSA) is 75.7 Å². The molecule has 0 atom stereocenters. The van der Waals surface area contributed by atoms with Gasteiger partial charge in [-0.2, -0.15) is 0 Å². The smallest absolute Gasteiger partial charge is 0.251 e. The number of amides is 1. The fourth-order valence-electron chi connectivity index (χ4n) is 4.79. The van der Waals surface area contributed by atoms with E-state index in [9.17, 15) is 4.79 Å². The molecule has 0 fully saturated rings. The predicted octanol–water partition coefficient (Wildman–Crippen LogP) is 6.47.